The van der Waals surface area contributed by atoms with E-state index < -0.39 is 0 Å². The Morgan fingerprint density at radius 2 is 2.05 bits per heavy atom. The number of pyridine rings is 1. The first kappa shape index (κ1) is 13.4. The lowest BCUT2D eigenvalue weighted by Crippen LogP contribution is -2.15. The number of nitrogens with zero attached hydrogens (tertiary/aromatic N) is 2. The molecule has 0 fully saturated rings. The summed E-state index contributed by atoms with van der Waals surface area (Å²) in [6, 6.07) is 8.27. The van der Waals surface area contributed by atoms with Crippen molar-refractivity contribution in [3.8, 4) is 5.75 Å². The molecule has 0 saturated carbocycles. The summed E-state index contributed by atoms with van der Waals surface area (Å²) in [6.45, 7) is 5.11. The minimum Gasteiger partial charge on any atom is -0.497 e. The molecule has 0 aliphatic carbocycles. The molecule has 1 aromatic carbocycles. The van der Waals surface area contributed by atoms with Crippen molar-refractivity contribution in [2.75, 3.05) is 18.6 Å². The molecule has 0 saturated heterocycles. The first-order valence-corrected chi connectivity index (χ1v) is 7.47. The second kappa shape index (κ2) is 5.09. The number of methoxy groups -OCH3 is 1. The van der Waals surface area contributed by atoms with Crippen LogP contribution < -0.4 is 9.64 Å². The smallest absolute Gasteiger partial charge is 0.137 e. The van der Waals surface area contributed by atoms with Crippen LogP contribution in [0.15, 0.2) is 28.7 Å². The topological polar surface area (TPSA) is 25.4 Å². The van der Waals surface area contributed by atoms with Crippen LogP contribution in [0.1, 0.15) is 16.8 Å². The summed E-state index contributed by atoms with van der Waals surface area (Å²) in [6.07, 6.45) is 1.02. The van der Waals surface area contributed by atoms with Gasteiger partial charge in [-0.05, 0) is 50.1 Å². The summed E-state index contributed by atoms with van der Waals surface area (Å²) in [4.78, 5) is 7.01. The predicted molar refractivity (Wildman–Crippen MR) is 85.1 cm³/mol. The van der Waals surface area contributed by atoms with Crippen molar-refractivity contribution >= 4 is 27.4 Å². The number of aryl methyl sites for hydroxylation is 2. The van der Waals surface area contributed by atoms with Gasteiger partial charge in [-0.3, -0.25) is 0 Å². The van der Waals surface area contributed by atoms with Gasteiger partial charge in [-0.2, -0.15) is 0 Å². The van der Waals surface area contributed by atoms with E-state index >= 15 is 0 Å². The van der Waals surface area contributed by atoms with Gasteiger partial charge in [0.25, 0.3) is 0 Å². The average Bonchev–Trinajstić information content (AvgIpc) is 2.82. The predicted octanol–water partition coefficient (Wildman–Crippen LogP) is 4.16. The summed E-state index contributed by atoms with van der Waals surface area (Å²) in [5, 5.41) is 0. The number of benzene rings is 1. The first-order chi connectivity index (χ1) is 9.60. The minimum absolute atomic E-state index is 0.893. The van der Waals surface area contributed by atoms with E-state index in [1.165, 1.54) is 16.8 Å². The summed E-state index contributed by atoms with van der Waals surface area (Å²) < 4.78 is 6.44. The third-order valence-electron chi connectivity index (χ3n) is 3.71. The number of fused-ring (bicyclic) bond motifs is 1. The monoisotopic (exact) mass is 332 g/mol. The van der Waals surface area contributed by atoms with Crippen molar-refractivity contribution in [1.82, 2.24) is 4.98 Å². The fourth-order valence-electron chi connectivity index (χ4n) is 2.72. The molecule has 0 amide bonds. The second-order valence-corrected chi connectivity index (χ2v) is 5.96. The summed E-state index contributed by atoms with van der Waals surface area (Å²) in [5.41, 5.74) is 4.74. The summed E-state index contributed by atoms with van der Waals surface area (Å²) in [5.74, 6) is 1.97. The standard InChI is InChI=1S/C16H17BrN2O/c1-10-8-12(20-3)4-5-15(10)19-7-6-13-14(17)9-11(2)18-16(13)19/h4-5,8-9H,6-7H2,1-3H3. The molecule has 0 atom stereocenters. The van der Waals surface area contributed by atoms with Gasteiger partial charge in [0, 0.05) is 28.0 Å². The Balaban J connectivity index is 2.07. The number of hydrogen-bond acceptors (Lipinski definition) is 3. The molecule has 3 rings (SSSR count). The highest BCUT2D eigenvalue weighted by atomic mass is 79.9. The molecule has 0 bridgehead atoms. The molecule has 0 radical (unpaired) electrons. The van der Waals surface area contributed by atoms with Crippen molar-refractivity contribution in [2.45, 2.75) is 20.3 Å². The highest BCUT2D eigenvalue weighted by Gasteiger charge is 2.25. The number of halogens is 1. The van der Waals surface area contributed by atoms with Crippen molar-refractivity contribution in [3.05, 3.63) is 45.6 Å². The average molecular weight is 333 g/mol. The quantitative estimate of drug-likeness (QED) is 0.825. The van der Waals surface area contributed by atoms with Crippen LogP contribution >= 0.6 is 15.9 Å². The minimum atomic E-state index is 0.893. The van der Waals surface area contributed by atoms with E-state index in [2.05, 4.69) is 46.0 Å². The van der Waals surface area contributed by atoms with Gasteiger partial charge in [-0.1, -0.05) is 15.9 Å². The third-order valence-corrected chi connectivity index (χ3v) is 4.42. The number of hydrogen-bond donors (Lipinski definition) is 0. The molecule has 2 heterocycles. The number of anilines is 2. The van der Waals surface area contributed by atoms with E-state index in [1.807, 2.05) is 13.0 Å². The number of aromatic nitrogens is 1. The Labute approximate surface area is 127 Å². The number of rotatable bonds is 2. The van der Waals surface area contributed by atoms with E-state index in [9.17, 15) is 0 Å². The van der Waals surface area contributed by atoms with E-state index in [-0.39, 0.29) is 0 Å². The van der Waals surface area contributed by atoms with Gasteiger partial charge in [0.1, 0.15) is 11.6 Å². The maximum absolute atomic E-state index is 5.28. The lowest BCUT2D eigenvalue weighted by atomic mass is 10.1. The normalized spacial score (nSPS) is 13.5. The Morgan fingerprint density at radius 1 is 1.25 bits per heavy atom. The van der Waals surface area contributed by atoms with Gasteiger partial charge in [0.2, 0.25) is 0 Å². The van der Waals surface area contributed by atoms with Crippen LogP contribution in [-0.4, -0.2) is 18.6 Å². The molecule has 104 valence electrons. The fraction of sp³-hybridized carbons (Fsp3) is 0.312. The zero-order chi connectivity index (χ0) is 14.3. The van der Waals surface area contributed by atoms with E-state index in [4.69, 9.17) is 9.72 Å². The Morgan fingerprint density at radius 3 is 2.75 bits per heavy atom. The van der Waals surface area contributed by atoms with Crippen LogP contribution in [-0.2, 0) is 6.42 Å². The number of ether oxygens (including phenoxy) is 1. The molecule has 0 spiro atoms. The van der Waals surface area contributed by atoms with Crippen LogP contribution in [0.5, 0.6) is 5.75 Å². The van der Waals surface area contributed by atoms with E-state index in [1.54, 1.807) is 7.11 Å². The van der Waals surface area contributed by atoms with Crippen LogP contribution in [0.2, 0.25) is 0 Å². The largest absolute Gasteiger partial charge is 0.497 e. The molecule has 1 aliphatic rings. The van der Waals surface area contributed by atoms with Gasteiger partial charge in [0.05, 0.1) is 7.11 Å². The van der Waals surface area contributed by atoms with E-state index in [0.717, 1.165) is 34.7 Å². The molecule has 3 nitrogen and oxygen atoms in total. The van der Waals surface area contributed by atoms with Crippen LogP contribution in [0, 0.1) is 13.8 Å². The first-order valence-electron chi connectivity index (χ1n) is 6.68. The molecule has 2 aromatic rings. The van der Waals surface area contributed by atoms with Gasteiger partial charge in [-0.15, -0.1) is 0 Å². The highest BCUT2D eigenvalue weighted by molar-refractivity contribution is 9.10. The molecule has 4 heteroatoms. The zero-order valence-corrected chi connectivity index (χ0v) is 13.5. The summed E-state index contributed by atoms with van der Waals surface area (Å²) >= 11 is 3.65. The van der Waals surface area contributed by atoms with Crippen molar-refractivity contribution in [2.24, 2.45) is 0 Å². The molecular weight excluding hydrogens is 316 g/mol. The van der Waals surface area contributed by atoms with E-state index in [0.29, 0.717) is 0 Å². The van der Waals surface area contributed by atoms with Crippen LogP contribution in [0.3, 0.4) is 0 Å². The summed E-state index contributed by atoms with van der Waals surface area (Å²) in [7, 11) is 1.70. The Hall–Kier alpha value is -1.55. The molecule has 20 heavy (non-hydrogen) atoms. The second-order valence-electron chi connectivity index (χ2n) is 5.10. The molecular formula is C16H17BrN2O. The van der Waals surface area contributed by atoms with Gasteiger partial charge >= 0.3 is 0 Å². The maximum Gasteiger partial charge on any atom is 0.137 e. The van der Waals surface area contributed by atoms with Crippen LogP contribution in [0.4, 0.5) is 11.5 Å². The SMILES string of the molecule is COc1ccc(N2CCc3c(Br)cc(C)nc32)c(C)c1. The van der Waals surface area contributed by atoms with Gasteiger partial charge in [-0.25, -0.2) is 4.98 Å². The molecule has 1 aromatic heterocycles. The van der Waals surface area contributed by atoms with Gasteiger partial charge < -0.3 is 9.64 Å². The van der Waals surface area contributed by atoms with Crippen molar-refractivity contribution < 1.29 is 4.74 Å². The van der Waals surface area contributed by atoms with Crippen molar-refractivity contribution in [3.63, 3.8) is 0 Å². The molecule has 0 unspecified atom stereocenters. The fourth-order valence-corrected chi connectivity index (χ4v) is 3.43. The van der Waals surface area contributed by atoms with Crippen molar-refractivity contribution in [1.29, 1.82) is 0 Å². The molecule has 0 N–H and O–H groups in total. The lowest BCUT2D eigenvalue weighted by Gasteiger charge is -2.21. The van der Waals surface area contributed by atoms with Crippen LogP contribution in [0.25, 0.3) is 0 Å². The highest BCUT2D eigenvalue weighted by Crippen LogP contribution is 2.39. The third kappa shape index (κ3) is 2.18. The zero-order valence-electron chi connectivity index (χ0n) is 11.9. The lowest BCUT2D eigenvalue weighted by molar-refractivity contribution is 0.414. The van der Waals surface area contributed by atoms with Gasteiger partial charge in [0.15, 0.2) is 0 Å². The maximum atomic E-state index is 5.28. The Kier molecular flexibility index (Phi) is 3.42. The molecule has 1 aliphatic heterocycles. The Bertz CT molecular complexity index is 670.